The van der Waals surface area contributed by atoms with Crippen LogP contribution in [-0.4, -0.2) is 9.97 Å². The molecule has 0 bridgehead atoms. The molecule has 5 rings (SSSR count). The number of fused-ring (bicyclic) bond motifs is 1. The van der Waals surface area contributed by atoms with E-state index in [1.54, 1.807) is 12.3 Å². The van der Waals surface area contributed by atoms with Gasteiger partial charge in [0.15, 0.2) is 0 Å². The molecule has 0 aliphatic heterocycles. The number of H-pyrrole nitrogens is 1. The molecule has 0 spiro atoms. The molecule has 4 N–H and O–H groups in total. The Labute approximate surface area is 210 Å². The monoisotopic (exact) mass is 476 g/mol. The highest BCUT2D eigenvalue weighted by Crippen LogP contribution is 2.33. The van der Waals surface area contributed by atoms with Gasteiger partial charge in [0.25, 0.3) is 0 Å². The predicted octanol–water partition coefficient (Wildman–Crippen LogP) is 7.79. The summed E-state index contributed by atoms with van der Waals surface area (Å²) < 4.78 is 14.5. The Morgan fingerprint density at radius 2 is 1.78 bits per heavy atom. The standard InChI is InChI=1S/C31H29FN4/c1-19(2)20(3)35-25-15-23(17-34-18-25)21-11-12-30(33)22(13-21)14-24-16-28-26(8-6-10-31(28)36-24)27-7-4-5-9-29(27)32/h4-13,15-19,35-36H,3,14,33H2,1-2H3. The number of nitrogen functional groups attached to an aromatic ring is 1. The van der Waals surface area contributed by atoms with Crippen molar-refractivity contribution >= 4 is 22.3 Å². The van der Waals surface area contributed by atoms with E-state index in [0.717, 1.165) is 55.9 Å². The summed E-state index contributed by atoms with van der Waals surface area (Å²) in [6.07, 6.45) is 4.27. The number of allylic oxidation sites excluding steroid dienone is 1. The van der Waals surface area contributed by atoms with E-state index in [1.807, 2.05) is 48.7 Å². The molecule has 5 heteroatoms. The zero-order valence-electron chi connectivity index (χ0n) is 20.5. The zero-order chi connectivity index (χ0) is 25.2. The van der Waals surface area contributed by atoms with Crippen LogP contribution in [0.25, 0.3) is 33.2 Å². The fourth-order valence-corrected chi connectivity index (χ4v) is 4.36. The summed E-state index contributed by atoms with van der Waals surface area (Å²) in [5.74, 6) is 0.0963. The minimum absolute atomic E-state index is 0.230. The lowest BCUT2D eigenvalue weighted by Gasteiger charge is -2.14. The third-order valence-corrected chi connectivity index (χ3v) is 6.48. The number of hydrogen-bond donors (Lipinski definition) is 3. The first-order chi connectivity index (χ1) is 17.4. The van der Waals surface area contributed by atoms with Crippen LogP contribution >= 0.6 is 0 Å². The molecule has 2 heterocycles. The molecule has 0 fully saturated rings. The van der Waals surface area contributed by atoms with Crippen molar-refractivity contribution in [2.24, 2.45) is 5.92 Å². The number of pyridine rings is 1. The summed E-state index contributed by atoms with van der Waals surface area (Å²) in [4.78, 5) is 7.90. The van der Waals surface area contributed by atoms with Crippen LogP contribution in [0.3, 0.4) is 0 Å². The second kappa shape index (κ2) is 9.70. The first kappa shape index (κ1) is 23.4. The van der Waals surface area contributed by atoms with E-state index >= 15 is 0 Å². The van der Waals surface area contributed by atoms with Gasteiger partial charge in [-0.3, -0.25) is 4.98 Å². The molecule has 0 aliphatic rings. The van der Waals surface area contributed by atoms with Crippen LogP contribution in [0.1, 0.15) is 25.1 Å². The van der Waals surface area contributed by atoms with E-state index in [4.69, 9.17) is 5.73 Å². The Morgan fingerprint density at radius 3 is 2.58 bits per heavy atom. The van der Waals surface area contributed by atoms with Crippen LogP contribution in [-0.2, 0) is 6.42 Å². The fraction of sp³-hybridized carbons (Fsp3) is 0.129. The third kappa shape index (κ3) is 4.73. The molecule has 3 aromatic carbocycles. The van der Waals surface area contributed by atoms with E-state index in [2.05, 4.69) is 53.9 Å². The lowest BCUT2D eigenvalue weighted by molar-refractivity contribution is 0.631. The quantitative estimate of drug-likeness (QED) is 0.210. The third-order valence-electron chi connectivity index (χ3n) is 6.48. The minimum atomic E-state index is -0.230. The Bertz CT molecular complexity index is 1560. The first-order valence-corrected chi connectivity index (χ1v) is 12.0. The number of anilines is 2. The summed E-state index contributed by atoms with van der Waals surface area (Å²) in [5.41, 5.74) is 15.4. The smallest absolute Gasteiger partial charge is 0.131 e. The highest BCUT2D eigenvalue weighted by Gasteiger charge is 2.13. The maximum Gasteiger partial charge on any atom is 0.131 e. The summed E-state index contributed by atoms with van der Waals surface area (Å²) in [5, 5.41) is 4.33. The van der Waals surface area contributed by atoms with Gasteiger partial charge in [0.05, 0.1) is 11.9 Å². The average molecular weight is 477 g/mol. The van der Waals surface area contributed by atoms with Crippen molar-refractivity contribution in [3.8, 4) is 22.3 Å². The van der Waals surface area contributed by atoms with E-state index in [1.165, 1.54) is 6.07 Å². The Kier molecular flexibility index (Phi) is 6.30. The number of halogens is 1. The van der Waals surface area contributed by atoms with Crippen molar-refractivity contribution in [1.82, 2.24) is 9.97 Å². The van der Waals surface area contributed by atoms with Gasteiger partial charge in [-0.2, -0.15) is 0 Å². The second-order valence-electron chi connectivity index (χ2n) is 9.40. The van der Waals surface area contributed by atoms with Gasteiger partial charge in [-0.1, -0.05) is 56.8 Å². The van der Waals surface area contributed by atoms with Crippen molar-refractivity contribution in [2.75, 3.05) is 11.1 Å². The number of rotatable bonds is 7. The minimum Gasteiger partial charge on any atom is -0.398 e. The highest BCUT2D eigenvalue weighted by molar-refractivity contribution is 5.96. The van der Waals surface area contributed by atoms with E-state index < -0.39 is 0 Å². The van der Waals surface area contributed by atoms with Gasteiger partial charge in [0, 0.05) is 51.7 Å². The van der Waals surface area contributed by atoms with Crippen LogP contribution < -0.4 is 11.1 Å². The fourth-order valence-electron chi connectivity index (χ4n) is 4.36. The Hall–Kier alpha value is -4.38. The topological polar surface area (TPSA) is 66.7 Å². The number of hydrogen-bond acceptors (Lipinski definition) is 3. The molecule has 4 nitrogen and oxygen atoms in total. The van der Waals surface area contributed by atoms with Gasteiger partial charge in [0.2, 0.25) is 0 Å². The second-order valence-corrected chi connectivity index (χ2v) is 9.40. The first-order valence-electron chi connectivity index (χ1n) is 12.0. The lowest BCUT2D eigenvalue weighted by Crippen LogP contribution is -2.04. The van der Waals surface area contributed by atoms with E-state index in [-0.39, 0.29) is 5.82 Å². The summed E-state index contributed by atoms with van der Waals surface area (Å²) >= 11 is 0. The van der Waals surface area contributed by atoms with Crippen molar-refractivity contribution in [3.05, 3.63) is 115 Å². The molecule has 0 radical (unpaired) electrons. The molecule has 0 unspecified atom stereocenters. The average Bonchev–Trinajstić information content (AvgIpc) is 3.28. The Morgan fingerprint density at radius 1 is 0.972 bits per heavy atom. The number of nitrogens with two attached hydrogens (primary N) is 1. The lowest BCUT2D eigenvalue weighted by atomic mass is 9.99. The molecule has 0 amide bonds. The summed E-state index contributed by atoms with van der Waals surface area (Å²) in [7, 11) is 0. The summed E-state index contributed by atoms with van der Waals surface area (Å²) in [6, 6.07) is 23.0. The molecule has 0 atom stereocenters. The van der Waals surface area contributed by atoms with Crippen molar-refractivity contribution in [1.29, 1.82) is 0 Å². The highest BCUT2D eigenvalue weighted by atomic mass is 19.1. The molecular formula is C31H29FN4. The molecule has 2 aromatic heterocycles. The number of nitrogens with one attached hydrogen (secondary N) is 2. The van der Waals surface area contributed by atoms with Gasteiger partial charge in [-0.15, -0.1) is 0 Å². The van der Waals surface area contributed by atoms with Gasteiger partial charge in [0.1, 0.15) is 5.82 Å². The Balaban J connectivity index is 1.46. The largest absolute Gasteiger partial charge is 0.398 e. The van der Waals surface area contributed by atoms with Crippen molar-refractivity contribution in [3.63, 3.8) is 0 Å². The maximum atomic E-state index is 14.5. The number of nitrogens with zero attached hydrogens (tertiary/aromatic N) is 1. The normalized spacial score (nSPS) is 11.2. The van der Waals surface area contributed by atoms with Gasteiger partial charge < -0.3 is 16.0 Å². The molecule has 0 aliphatic carbocycles. The molecule has 0 saturated heterocycles. The maximum absolute atomic E-state index is 14.5. The van der Waals surface area contributed by atoms with Crippen LogP contribution in [0.15, 0.2) is 97.5 Å². The van der Waals surface area contributed by atoms with Crippen LogP contribution in [0.5, 0.6) is 0 Å². The molecular weight excluding hydrogens is 447 g/mol. The van der Waals surface area contributed by atoms with Gasteiger partial charge >= 0.3 is 0 Å². The van der Waals surface area contributed by atoms with Gasteiger partial charge in [-0.05, 0) is 59.0 Å². The van der Waals surface area contributed by atoms with Crippen molar-refractivity contribution < 1.29 is 4.39 Å². The van der Waals surface area contributed by atoms with Crippen LogP contribution in [0, 0.1) is 11.7 Å². The predicted molar refractivity (Wildman–Crippen MR) is 148 cm³/mol. The molecule has 0 saturated carbocycles. The van der Waals surface area contributed by atoms with Crippen LogP contribution in [0.2, 0.25) is 0 Å². The van der Waals surface area contributed by atoms with Crippen molar-refractivity contribution in [2.45, 2.75) is 20.3 Å². The van der Waals surface area contributed by atoms with Gasteiger partial charge in [-0.25, -0.2) is 4.39 Å². The molecule has 5 aromatic rings. The molecule has 36 heavy (non-hydrogen) atoms. The summed E-state index contributed by atoms with van der Waals surface area (Å²) in [6.45, 7) is 8.29. The zero-order valence-corrected chi connectivity index (χ0v) is 20.5. The number of aromatic nitrogens is 2. The number of benzene rings is 3. The number of aromatic amines is 1. The SMILES string of the molecule is C=C(Nc1cncc(-c2ccc(N)c(Cc3cc4c(-c5ccccc5F)cccc4[nH]3)c2)c1)C(C)C. The van der Waals surface area contributed by atoms with E-state index in [9.17, 15) is 4.39 Å². The van der Waals surface area contributed by atoms with E-state index in [0.29, 0.717) is 17.9 Å². The van der Waals surface area contributed by atoms with Crippen LogP contribution in [0.4, 0.5) is 15.8 Å². The molecule has 180 valence electrons.